The predicted octanol–water partition coefficient (Wildman–Crippen LogP) is 1.05. The topological polar surface area (TPSA) is 68.0 Å². The summed E-state index contributed by atoms with van der Waals surface area (Å²) in [6, 6.07) is 0. The van der Waals surface area contributed by atoms with E-state index >= 15 is 0 Å². The molecule has 1 aliphatic rings. The first kappa shape index (κ1) is 10.7. The van der Waals surface area contributed by atoms with Crippen molar-refractivity contribution in [3.8, 4) is 0 Å². The fourth-order valence-electron chi connectivity index (χ4n) is 1.91. The Balaban J connectivity index is 3.17. The monoisotopic (exact) mass is 201 g/mol. The molecule has 0 N–H and O–H groups in total. The molecule has 0 atom stereocenters. The first-order valence-electron chi connectivity index (χ1n) is 4.32. The molecule has 0 aromatic rings. The zero-order chi connectivity index (χ0) is 11.1. The minimum Gasteiger partial charge on any atom is -0.482 e. The highest BCUT2D eigenvalue weighted by Crippen LogP contribution is 2.34. The van der Waals surface area contributed by atoms with E-state index in [2.05, 4.69) is 4.99 Å². The van der Waals surface area contributed by atoms with Crippen molar-refractivity contribution in [3.05, 3.63) is 10.1 Å². The number of nitrogens with zero attached hydrogens (tertiary/aromatic N) is 3. The molecule has 0 saturated carbocycles. The van der Waals surface area contributed by atoms with Gasteiger partial charge < -0.3 is 4.74 Å². The third-order valence-corrected chi connectivity index (χ3v) is 2.30. The zero-order valence-corrected chi connectivity index (χ0v) is 9.07. The van der Waals surface area contributed by atoms with E-state index in [1.165, 1.54) is 7.11 Å². The lowest BCUT2D eigenvalue weighted by atomic mass is 10.1. The Morgan fingerprint density at radius 1 is 1.43 bits per heavy atom. The van der Waals surface area contributed by atoms with E-state index in [9.17, 15) is 10.1 Å². The van der Waals surface area contributed by atoms with Crippen LogP contribution in [0.3, 0.4) is 0 Å². The summed E-state index contributed by atoms with van der Waals surface area (Å²) in [5.41, 5.74) is -1.67. The van der Waals surface area contributed by atoms with Crippen molar-refractivity contribution in [2.45, 2.75) is 38.9 Å². The van der Waals surface area contributed by atoms with Crippen LogP contribution in [0.2, 0.25) is 0 Å². The Labute approximate surface area is 82.7 Å². The molecule has 6 nitrogen and oxygen atoms in total. The van der Waals surface area contributed by atoms with E-state index in [1.807, 2.05) is 0 Å². The number of nitro groups is 1. The van der Waals surface area contributed by atoms with Gasteiger partial charge in [0.1, 0.15) is 0 Å². The number of ether oxygens (including phenoxy) is 1. The fraction of sp³-hybridized carbons (Fsp3) is 0.875. The maximum Gasteiger partial charge on any atom is 0.217 e. The minimum atomic E-state index is -0.863. The third-order valence-electron chi connectivity index (χ3n) is 2.30. The van der Waals surface area contributed by atoms with Gasteiger partial charge >= 0.3 is 0 Å². The van der Waals surface area contributed by atoms with Gasteiger partial charge in [-0.3, -0.25) is 0 Å². The summed E-state index contributed by atoms with van der Waals surface area (Å²) in [6.45, 7) is 6.80. The quantitative estimate of drug-likeness (QED) is 0.469. The van der Waals surface area contributed by atoms with Crippen LogP contribution in [0.25, 0.3) is 0 Å². The highest BCUT2D eigenvalue weighted by molar-refractivity contribution is 5.87. The van der Waals surface area contributed by atoms with Gasteiger partial charge in [0.15, 0.2) is 16.2 Å². The van der Waals surface area contributed by atoms with E-state index in [0.29, 0.717) is 5.90 Å². The molecule has 0 amide bonds. The van der Waals surface area contributed by atoms with Crippen LogP contribution in [-0.4, -0.2) is 34.3 Å². The summed E-state index contributed by atoms with van der Waals surface area (Å²) in [7, 11) is 1.47. The molecular formula is C8H15N3O3. The Morgan fingerprint density at radius 2 is 1.93 bits per heavy atom. The van der Waals surface area contributed by atoms with Gasteiger partial charge in [-0.25, -0.2) is 15.1 Å². The van der Waals surface area contributed by atoms with Crippen molar-refractivity contribution in [1.82, 2.24) is 5.01 Å². The smallest absolute Gasteiger partial charge is 0.217 e. The molecule has 14 heavy (non-hydrogen) atoms. The molecule has 0 fully saturated rings. The third kappa shape index (κ3) is 1.30. The van der Waals surface area contributed by atoms with Crippen molar-refractivity contribution in [1.29, 1.82) is 0 Å². The second kappa shape index (κ2) is 2.83. The van der Waals surface area contributed by atoms with E-state index < -0.39 is 16.2 Å². The Hall–Kier alpha value is -1.33. The second-order valence-corrected chi connectivity index (χ2v) is 4.22. The van der Waals surface area contributed by atoms with Crippen LogP contribution in [0.4, 0.5) is 0 Å². The average molecular weight is 201 g/mol. The van der Waals surface area contributed by atoms with Gasteiger partial charge in [-0.15, -0.1) is 0 Å². The summed E-state index contributed by atoms with van der Waals surface area (Å²) in [5.74, 6) is 0.388. The number of hydrogen-bond donors (Lipinski definition) is 0. The number of aliphatic imine (C=N–C) groups is 1. The lowest BCUT2D eigenvalue weighted by Gasteiger charge is -2.30. The van der Waals surface area contributed by atoms with Crippen LogP contribution in [-0.2, 0) is 4.74 Å². The molecule has 1 aliphatic heterocycles. The summed E-state index contributed by atoms with van der Waals surface area (Å²) in [4.78, 5) is 15.1. The average Bonchev–Trinajstić information content (AvgIpc) is 2.15. The van der Waals surface area contributed by atoms with Crippen LogP contribution in [0, 0.1) is 10.1 Å². The molecule has 80 valence electrons. The first-order valence-corrected chi connectivity index (χ1v) is 4.32. The van der Waals surface area contributed by atoms with Gasteiger partial charge in [-0.2, -0.15) is 0 Å². The van der Waals surface area contributed by atoms with Gasteiger partial charge in [0, 0.05) is 0 Å². The summed E-state index contributed by atoms with van der Waals surface area (Å²) >= 11 is 0. The van der Waals surface area contributed by atoms with Crippen molar-refractivity contribution in [2.75, 3.05) is 7.11 Å². The van der Waals surface area contributed by atoms with E-state index in [4.69, 9.17) is 4.74 Å². The summed E-state index contributed by atoms with van der Waals surface area (Å²) in [6.07, 6.45) is 0. The summed E-state index contributed by atoms with van der Waals surface area (Å²) < 4.78 is 5.05. The van der Waals surface area contributed by atoms with Gasteiger partial charge in [-0.1, -0.05) is 5.01 Å². The van der Waals surface area contributed by atoms with Gasteiger partial charge in [0.05, 0.1) is 7.11 Å². The van der Waals surface area contributed by atoms with E-state index in [1.54, 1.807) is 27.7 Å². The molecule has 1 heterocycles. The largest absolute Gasteiger partial charge is 0.482 e. The SMILES string of the molecule is COC1=NC(C)(C)N([N+](=O)[O-])C1(C)C. The predicted molar refractivity (Wildman–Crippen MR) is 51.4 cm³/mol. The van der Waals surface area contributed by atoms with Gasteiger partial charge in [0.2, 0.25) is 5.90 Å². The van der Waals surface area contributed by atoms with Crippen LogP contribution in [0.15, 0.2) is 4.99 Å². The number of methoxy groups -OCH3 is 1. The minimum absolute atomic E-state index is 0.388. The summed E-state index contributed by atoms with van der Waals surface area (Å²) in [5, 5.41) is 11.6. The Kier molecular flexibility index (Phi) is 2.17. The first-order chi connectivity index (χ1) is 6.23. The molecule has 0 aromatic carbocycles. The second-order valence-electron chi connectivity index (χ2n) is 4.22. The Bertz CT molecular complexity index is 296. The van der Waals surface area contributed by atoms with Crippen molar-refractivity contribution >= 4 is 5.90 Å². The van der Waals surface area contributed by atoms with Gasteiger partial charge in [0.25, 0.3) is 0 Å². The van der Waals surface area contributed by atoms with Crippen LogP contribution in [0.1, 0.15) is 27.7 Å². The zero-order valence-electron chi connectivity index (χ0n) is 9.07. The van der Waals surface area contributed by atoms with Crippen LogP contribution < -0.4 is 0 Å². The van der Waals surface area contributed by atoms with Crippen molar-refractivity contribution in [2.24, 2.45) is 4.99 Å². The van der Waals surface area contributed by atoms with E-state index in [-0.39, 0.29) is 0 Å². The molecule has 1 rings (SSSR count). The molecule has 0 saturated heterocycles. The standard InChI is InChI=1S/C8H15N3O3/c1-7(2)6(14-5)9-8(3,4)10(7)11(12)13/h1-5H3. The van der Waals surface area contributed by atoms with Gasteiger partial charge in [-0.05, 0) is 27.7 Å². The van der Waals surface area contributed by atoms with Crippen molar-refractivity contribution in [3.63, 3.8) is 0 Å². The highest BCUT2D eigenvalue weighted by Gasteiger charge is 2.55. The number of hydrazine groups is 1. The Morgan fingerprint density at radius 3 is 2.14 bits per heavy atom. The maximum atomic E-state index is 10.9. The molecule has 0 spiro atoms. The molecular weight excluding hydrogens is 186 g/mol. The molecule has 0 aliphatic carbocycles. The lowest BCUT2D eigenvalue weighted by Crippen LogP contribution is -2.55. The molecule has 0 radical (unpaired) electrons. The van der Waals surface area contributed by atoms with Crippen molar-refractivity contribution < 1.29 is 9.77 Å². The van der Waals surface area contributed by atoms with Crippen LogP contribution in [0.5, 0.6) is 0 Å². The lowest BCUT2D eigenvalue weighted by molar-refractivity contribution is -0.683. The maximum absolute atomic E-state index is 10.9. The molecule has 0 aromatic heterocycles. The highest BCUT2D eigenvalue weighted by atomic mass is 16.7. The van der Waals surface area contributed by atoms with E-state index in [0.717, 1.165) is 5.01 Å². The number of hydrogen-bond acceptors (Lipinski definition) is 4. The fourth-order valence-corrected chi connectivity index (χ4v) is 1.91. The van der Waals surface area contributed by atoms with Crippen LogP contribution >= 0.6 is 0 Å². The molecule has 6 heteroatoms. The number of rotatable bonds is 1. The normalized spacial score (nSPS) is 23.2. The molecule has 0 unspecified atom stereocenters. The molecule has 0 bridgehead atoms.